The summed E-state index contributed by atoms with van der Waals surface area (Å²) in [4.78, 5) is 9.14. The lowest BCUT2D eigenvalue weighted by Gasteiger charge is -2.22. The summed E-state index contributed by atoms with van der Waals surface area (Å²) < 4.78 is 125. The molecule has 0 radical (unpaired) electrons. The second kappa shape index (κ2) is 9.58. The lowest BCUT2D eigenvalue weighted by molar-refractivity contribution is 0.487. The van der Waals surface area contributed by atoms with E-state index in [1.807, 2.05) is 36.4 Å². The highest BCUT2D eigenvalue weighted by Gasteiger charge is 2.21. The Hall–Kier alpha value is -5.54. The van der Waals surface area contributed by atoms with Crippen LogP contribution in [-0.2, 0) is 0 Å². The van der Waals surface area contributed by atoms with E-state index in [0.29, 0.717) is 22.6 Å². The first-order chi connectivity index (χ1) is 26.1. The van der Waals surface area contributed by atoms with Crippen LogP contribution in [0.5, 0.6) is 11.5 Å². The van der Waals surface area contributed by atoms with Gasteiger partial charge in [-0.2, -0.15) is 0 Å². The Kier molecular flexibility index (Phi) is 3.09. The quantitative estimate of drug-likeness (QED) is 0.224. The zero-order valence-electron chi connectivity index (χ0n) is 35.1. The first-order valence-corrected chi connectivity index (χ1v) is 12.6. The number of rotatable bonds is 4. The molecular formula is C38H24N2O. The molecule has 0 N–H and O–H groups in total. The SMILES string of the molecule is [2H]c1c([2H])c([2H])c(-c2nc(-c3ccc4c(c3)-c3cccc5cccc(c35)O4)cc(-c3c([2H])c([2H])c(-c4c([2H])c([2H])c([2H])c([2H])c4[2H])c([2H])c3[2H])n2)c([2H])c1[2H]. The van der Waals surface area contributed by atoms with Crippen LogP contribution in [0.1, 0.15) is 19.2 Å². The van der Waals surface area contributed by atoms with Crippen LogP contribution in [0.15, 0.2) is 145 Å². The molecule has 1 aromatic heterocycles. The number of nitrogens with zero attached hydrogens (tertiary/aromatic N) is 2. The Labute approximate surface area is 258 Å². The number of benzene rings is 6. The maximum absolute atomic E-state index is 9.06. The largest absolute Gasteiger partial charge is 0.456 e. The number of hydrogen-bond acceptors (Lipinski definition) is 3. The van der Waals surface area contributed by atoms with Gasteiger partial charge < -0.3 is 4.74 Å². The van der Waals surface area contributed by atoms with Gasteiger partial charge in [0.15, 0.2) is 5.82 Å². The summed E-state index contributed by atoms with van der Waals surface area (Å²) in [5, 5.41) is 1.84. The standard InChI is InChI=1S/C38H24N2O/c1-3-9-25(10-4-1)26-17-19-27(20-18-26)33-24-34(40-38(39-33)29-11-5-2-6-12-29)30-21-22-35-32(23-30)31-15-7-13-28-14-8-16-36(41-35)37(28)31/h1-24H/i1D,2D,3D,4D,5D,6D,9D,10D,11D,12D,17D,18D,19D,20D. The van der Waals surface area contributed by atoms with Gasteiger partial charge >= 0.3 is 0 Å². The molecule has 41 heavy (non-hydrogen) atoms. The van der Waals surface area contributed by atoms with Crippen molar-refractivity contribution in [1.82, 2.24) is 9.97 Å². The molecule has 0 saturated heterocycles. The molecule has 0 aliphatic carbocycles. The Balaban J connectivity index is 1.41. The van der Waals surface area contributed by atoms with Crippen molar-refractivity contribution in [3.05, 3.63) is 145 Å². The molecule has 0 unspecified atom stereocenters. The molecule has 0 fully saturated rings. The maximum Gasteiger partial charge on any atom is 0.160 e. The number of aromatic nitrogens is 2. The van der Waals surface area contributed by atoms with E-state index < -0.39 is 95.7 Å². The molecule has 7 aromatic rings. The Morgan fingerprint density at radius 1 is 0.488 bits per heavy atom. The molecule has 8 rings (SSSR count). The lowest BCUT2D eigenvalue weighted by atomic mass is 9.93. The minimum absolute atomic E-state index is 0.146. The molecule has 1 aliphatic heterocycles. The summed E-state index contributed by atoms with van der Waals surface area (Å²) >= 11 is 0. The van der Waals surface area contributed by atoms with Crippen molar-refractivity contribution in [2.75, 3.05) is 0 Å². The third kappa shape index (κ3) is 4.16. The summed E-state index contributed by atoms with van der Waals surface area (Å²) in [6.45, 7) is 0. The van der Waals surface area contributed by atoms with Gasteiger partial charge in [0.25, 0.3) is 0 Å². The average Bonchev–Trinajstić information content (AvgIpc) is 3.18. The molecule has 192 valence electrons. The van der Waals surface area contributed by atoms with Crippen LogP contribution in [0.4, 0.5) is 0 Å². The normalized spacial score (nSPS) is 16.4. The summed E-state index contributed by atoms with van der Waals surface area (Å²) in [7, 11) is 0. The molecule has 6 aromatic carbocycles. The van der Waals surface area contributed by atoms with Crippen LogP contribution in [-0.4, -0.2) is 9.97 Å². The van der Waals surface area contributed by atoms with Gasteiger partial charge in [-0.05, 0) is 52.4 Å². The fraction of sp³-hybridized carbons (Fsp3) is 0. The predicted molar refractivity (Wildman–Crippen MR) is 167 cm³/mol. The topological polar surface area (TPSA) is 35.0 Å². The highest BCUT2D eigenvalue weighted by atomic mass is 16.5. The van der Waals surface area contributed by atoms with Crippen LogP contribution in [0.3, 0.4) is 0 Å². The monoisotopic (exact) mass is 538 g/mol. The summed E-state index contributed by atoms with van der Waals surface area (Å²) in [6.07, 6.45) is 0. The molecule has 0 amide bonds. The third-order valence-electron chi connectivity index (χ3n) is 6.73. The minimum Gasteiger partial charge on any atom is -0.456 e. The van der Waals surface area contributed by atoms with Gasteiger partial charge in [-0.1, -0.05) is 115 Å². The number of ether oxygens (including phenoxy) is 1. The predicted octanol–water partition coefficient (Wildman–Crippen LogP) is 10.1. The average molecular weight is 539 g/mol. The first kappa shape index (κ1) is 13.2. The van der Waals surface area contributed by atoms with Gasteiger partial charge in [-0.3, -0.25) is 0 Å². The van der Waals surface area contributed by atoms with Crippen LogP contribution in [0.2, 0.25) is 0 Å². The van der Waals surface area contributed by atoms with Crippen molar-refractivity contribution in [1.29, 1.82) is 0 Å². The van der Waals surface area contributed by atoms with E-state index in [1.165, 1.54) is 6.07 Å². The second-order valence-corrected chi connectivity index (χ2v) is 9.18. The smallest absolute Gasteiger partial charge is 0.160 e. The van der Waals surface area contributed by atoms with Crippen molar-refractivity contribution in [3.8, 4) is 67.7 Å². The number of fused-ring (bicyclic) bond motifs is 2. The molecule has 3 nitrogen and oxygen atoms in total. The number of hydrogen-bond donors (Lipinski definition) is 0. The van der Waals surface area contributed by atoms with E-state index in [4.69, 9.17) is 23.9 Å². The third-order valence-corrected chi connectivity index (χ3v) is 6.73. The van der Waals surface area contributed by atoms with Crippen molar-refractivity contribution >= 4 is 10.8 Å². The Morgan fingerprint density at radius 3 is 1.88 bits per heavy atom. The fourth-order valence-electron chi connectivity index (χ4n) is 4.86. The van der Waals surface area contributed by atoms with Crippen molar-refractivity contribution < 1.29 is 23.9 Å². The van der Waals surface area contributed by atoms with Crippen LogP contribution in [0, 0.1) is 0 Å². The van der Waals surface area contributed by atoms with Gasteiger partial charge in [0.2, 0.25) is 0 Å². The van der Waals surface area contributed by atoms with E-state index in [2.05, 4.69) is 9.97 Å². The molecule has 0 spiro atoms. The fourth-order valence-corrected chi connectivity index (χ4v) is 4.86. The van der Waals surface area contributed by atoms with E-state index in [-0.39, 0.29) is 28.3 Å². The lowest BCUT2D eigenvalue weighted by Crippen LogP contribution is -1.99. The van der Waals surface area contributed by atoms with Gasteiger partial charge in [0.05, 0.1) is 30.6 Å². The maximum atomic E-state index is 9.06. The van der Waals surface area contributed by atoms with Gasteiger partial charge in [-0.15, -0.1) is 0 Å². The second-order valence-electron chi connectivity index (χ2n) is 9.18. The van der Waals surface area contributed by atoms with Crippen LogP contribution >= 0.6 is 0 Å². The highest BCUT2D eigenvalue weighted by Crippen LogP contribution is 2.47. The van der Waals surface area contributed by atoms with Crippen molar-refractivity contribution in [2.45, 2.75) is 0 Å². The van der Waals surface area contributed by atoms with Crippen molar-refractivity contribution in [3.63, 3.8) is 0 Å². The molecule has 0 saturated carbocycles. The zero-order valence-corrected chi connectivity index (χ0v) is 21.1. The molecule has 3 heteroatoms. The molecule has 0 bridgehead atoms. The van der Waals surface area contributed by atoms with Gasteiger partial charge in [0.1, 0.15) is 11.5 Å². The van der Waals surface area contributed by atoms with E-state index >= 15 is 0 Å². The summed E-state index contributed by atoms with van der Waals surface area (Å²) in [5.74, 6) is 0.881. The van der Waals surface area contributed by atoms with E-state index in [9.17, 15) is 0 Å². The van der Waals surface area contributed by atoms with E-state index in [0.717, 1.165) is 16.3 Å². The van der Waals surface area contributed by atoms with Crippen molar-refractivity contribution in [2.24, 2.45) is 0 Å². The summed E-state index contributed by atoms with van der Waals surface area (Å²) in [5.41, 5.74) is 0.249. The summed E-state index contributed by atoms with van der Waals surface area (Å²) in [6, 6.07) is 8.77. The molecule has 2 heterocycles. The molecule has 1 aliphatic rings. The zero-order chi connectivity index (χ0) is 39.4. The van der Waals surface area contributed by atoms with Gasteiger partial charge in [0, 0.05) is 27.6 Å². The van der Waals surface area contributed by atoms with E-state index in [1.54, 1.807) is 18.2 Å². The first-order valence-electron chi connectivity index (χ1n) is 19.6. The highest BCUT2D eigenvalue weighted by molar-refractivity contribution is 6.04. The minimum atomic E-state index is -0.712. The molecule has 0 atom stereocenters. The Morgan fingerprint density at radius 2 is 1.12 bits per heavy atom. The molecular weight excluding hydrogens is 500 g/mol. The Bertz CT molecular complexity index is 2770. The van der Waals surface area contributed by atoms with Crippen LogP contribution in [0.25, 0.3) is 66.9 Å². The van der Waals surface area contributed by atoms with Gasteiger partial charge in [-0.25, -0.2) is 9.97 Å². The van der Waals surface area contributed by atoms with Crippen LogP contribution < -0.4 is 4.74 Å².